The van der Waals surface area contributed by atoms with Crippen molar-refractivity contribution >= 4 is 59.9 Å². The Bertz CT molecular complexity index is 1320. The van der Waals surface area contributed by atoms with Crippen molar-refractivity contribution < 1.29 is 29.4 Å². The number of hydrogen-bond donors (Lipinski definition) is 9. The summed E-state index contributed by atoms with van der Waals surface area (Å²) in [6, 6.07) is 9.19. The molecule has 13 heteroatoms. The molecule has 0 spiro atoms. The molecule has 0 aliphatic carbocycles. The number of thiol groups is 2. The lowest BCUT2D eigenvalue weighted by Gasteiger charge is -2.24. The molecule has 8 N–H and O–H groups in total. The number of carboxylic acid groups (broad SMARTS) is 1. The normalized spacial score (nSPS) is 14.1. The number of aromatic nitrogens is 1. The molecular formula is C26H31N5O6S2. The molecule has 1 aromatic heterocycles. The topological polar surface area (TPSA) is 187 Å². The minimum absolute atomic E-state index is 0.0825. The van der Waals surface area contributed by atoms with Gasteiger partial charge in [-0.05, 0) is 35.7 Å². The number of aliphatic carboxylic acids is 1. The first-order valence-electron chi connectivity index (χ1n) is 12.1. The molecule has 0 aliphatic heterocycles. The number of carbonyl (C=O) groups is 4. The second kappa shape index (κ2) is 13.9. The molecule has 39 heavy (non-hydrogen) atoms. The van der Waals surface area contributed by atoms with Gasteiger partial charge in [0.25, 0.3) is 0 Å². The van der Waals surface area contributed by atoms with Crippen LogP contribution in [0.3, 0.4) is 0 Å². The average Bonchev–Trinajstić information content (AvgIpc) is 3.33. The van der Waals surface area contributed by atoms with Crippen LogP contribution >= 0.6 is 25.3 Å². The van der Waals surface area contributed by atoms with Gasteiger partial charge in [-0.3, -0.25) is 14.4 Å². The van der Waals surface area contributed by atoms with Gasteiger partial charge in [-0.2, -0.15) is 25.3 Å². The van der Waals surface area contributed by atoms with Gasteiger partial charge in [-0.25, -0.2) is 4.79 Å². The van der Waals surface area contributed by atoms with Crippen LogP contribution in [-0.2, 0) is 32.0 Å². The summed E-state index contributed by atoms with van der Waals surface area (Å²) in [6.07, 6.45) is 1.98. The van der Waals surface area contributed by atoms with Gasteiger partial charge in [0.15, 0.2) is 0 Å². The van der Waals surface area contributed by atoms with Gasteiger partial charge in [0.2, 0.25) is 17.7 Å². The maximum atomic E-state index is 13.4. The van der Waals surface area contributed by atoms with E-state index in [1.165, 1.54) is 12.1 Å². The highest BCUT2D eigenvalue weighted by molar-refractivity contribution is 7.80. The molecule has 4 unspecified atom stereocenters. The van der Waals surface area contributed by atoms with Gasteiger partial charge >= 0.3 is 5.97 Å². The standard InChI is InChI=1S/C26H31N5O6S2/c27-18(9-14-5-7-16(32)8-6-14)23(33)29-20(10-15-11-28-19-4-2-1-3-17(15)19)24(34)30-21(12-38)25(35)31-22(13-39)26(36)37/h1-8,11,18,20-22,28,32,38-39H,9-10,12-13,27H2,(H,29,33)(H,30,34)(H,31,35)(H,36,37). The van der Waals surface area contributed by atoms with Gasteiger partial charge in [0, 0.05) is 35.0 Å². The third kappa shape index (κ3) is 8.15. The minimum Gasteiger partial charge on any atom is -0.508 e. The number of hydrogen-bond acceptors (Lipinski definition) is 8. The molecule has 208 valence electrons. The second-order valence-electron chi connectivity index (χ2n) is 8.93. The molecule has 0 aliphatic rings. The SMILES string of the molecule is NC(Cc1ccc(O)cc1)C(=O)NC(Cc1c[nH]c2ccccc12)C(=O)NC(CS)C(=O)NC(CS)C(=O)O. The van der Waals surface area contributed by atoms with Crippen LogP contribution in [0.15, 0.2) is 54.7 Å². The molecule has 2 aromatic carbocycles. The molecule has 0 radical (unpaired) electrons. The highest BCUT2D eigenvalue weighted by Crippen LogP contribution is 2.19. The van der Waals surface area contributed by atoms with Crippen LogP contribution in [-0.4, -0.2) is 74.6 Å². The average molecular weight is 574 g/mol. The number of fused-ring (bicyclic) bond motifs is 1. The van der Waals surface area contributed by atoms with E-state index in [4.69, 9.17) is 5.73 Å². The molecule has 0 saturated heterocycles. The number of H-pyrrole nitrogens is 1. The highest BCUT2D eigenvalue weighted by Gasteiger charge is 2.30. The van der Waals surface area contributed by atoms with Crippen LogP contribution < -0.4 is 21.7 Å². The number of para-hydroxylation sites is 1. The summed E-state index contributed by atoms with van der Waals surface area (Å²) < 4.78 is 0. The van der Waals surface area contributed by atoms with Crippen LogP contribution in [0, 0.1) is 0 Å². The predicted octanol–water partition coefficient (Wildman–Crippen LogP) is 0.385. The number of carbonyl (C=O) groups excluding carboxylic acids is 3. The second-order valence-corrected chi connectivity index (χ2v) is 9.66. The van der Waals surface area contributed by atoms with Crippen molar-refractivity contribution in [1.82, 2.24) is 20.9 Å². The number of nitrogens with one attached hydrogen (secondary N) is 4. The maximum absolute atomic E-state index is 13.4. The number of rotatable bonds is 13. The third-order valence-corrected chi connectivity index (χ3v) is 6.80. The first-order chi connectivity index (χ1) is 18.6. The van der Waals surface area contributed by atoms with Gasteiger partial charge in [0.1, 0.15) is 23.9 Å². The largest absolute Gasteiger partial charge is 0.508 e. The quantitative estimate of drug-likeness (QED) is 0.132. The van der Waals surface area contributed by atoms with E-state index < -0.39 is 47.9 Å². The van der Waals surface area contributed by atoms with Crippen LogP contribution in [0.5, 0.6) is 5.75 Å². The van der Waals surface area contributed by atoms with E-state index in [2.05, 4.69) is 46.2 Å². The van der Waals surface area contributed by atoms with E-state index in [9.17, 15) is 29.4 Å². The molecule has 11 nitrogen and oxygen atoms in total. The summed E-state index contributed by atoms with van der Waals surface area (Å²) in [5.74, 6) is -3.46. The molecule has 0 fully saturated rings. The van der Waals surface area contributed by atoms with Crippen LogP contribution in [0.1, 0.15) is 11.1 Å². The first kappa shape index (κ1) is 29.9. The number of phenols is 1. The van der Waals surface area contributed by atoms with Crippen molar-refractivity contribution in [2.75, 3.05) is 11.5 Å². The summed E-state index contributed by atoms with van der Waals surface area (Å²) >= 11 is 8.06. The minimum atomic E-state index is -1.27. The van der Waals surface area contributed by atoms with Crippen molar-refractivity contribution in [2.45, 2.75) is 37.0 Å². The fourth-order valence-electron chi connectivity index (χ4n) is 3.91. The van der Waals surface area contributed by atoms with Gasteiger partial charge < -0.3 is 36.9 Å². The molecule has 0 saturated carbocycles. The summed E-state index contributed by atoms with van der Waals surface area (Å²) in [5, 5.41) is 27.1. The fourth-order valence-corrected chi connectivity index (χ4v) is 4.42. The molecule has 3 aromatic rings. The monoisotopic (exact) mass is 573 g/mol. The molecule has 4 atom stereocenters. The predicted molar refractivity (Wildman–Crippen MR) is 153 cm³/mol. The summed E-state index contributed by atoms with van der Waals surface area (Å²) in [7, 11) is 0. The van der Waals surface area contributed by atoms with Gasteiger partial charge in [-0.15, -0.1) is 0 Å². The Labute approximate surface area is 235 Å². The number of aromatic hydroxyl groups is 1. The van der Waals surface area contributed by atoms with E-state index >= 15 is 0 Å². The van der Waals surface area contributed by atoms with Crippen LogP contribution in [0.25, 0.3) is 10.9 Å². The Hall–Kier alpha value is -3.68. The summed E-state index contributed by atoms with van der Waals surface area (Å²) in [5.41, 5.74) is 8.45. The Balaban J connectivity index is 1.78. The Morgan fingerprint density at radius 1 is 0.821 bits per heavy atom. The number of phenolic OH excluding ortho intramolecular Hbond substituents is 1. The highest BCUT2D eigenvalue weighted by atomic mass is 32.1. The van der Waals surface area contributed by atoms with Crippen molar-refractivity contribution in [3.8, 4) is 5.75 Å². The molecular weight excluding hydrogens is 542 g/mol. The van der Waals surface area contributed by atoms with E-state index in [-0.39, 0.29) is 30.1 Å². The number of benzene rings is 2. The summed E-state index contributed by atoms with van der Waals surface area (Å²) in [6.45, 7) is 0. The molecule has 3 amide bonds. The van der Waals surface area contributed by atoms with E-state index in [1.54, 1.807) is 18.3 Å². The molecule has 3 rings (SSSR count). The fraction of sp³-hybridized carbons (Fsp3) is 0.308. The number of nitrogens with two attached hydrogens (primary N) is 1. The lowest BCUT2D eigenvalue weighted by Crippen LogP contribution is -2.58. The smallest absolute Gasteiger partial charge is 0.327 e. The zero-order chi connectivity index (χ0) is 28.5. The zero-order valence-electron chi connectivity index (χ0n) is 20.8. The Morgan fingerprint density at radius 3 is 2.05 bits per heavy atom. The maximum Gasteiger partial charge on any atom is 0.327 e. The summed E-state index contributed by atoms with van der Waals surface area (Å²) in [4.78, 5) is 53.5. The molecule has 0 bridgehead atoms. The lowest BCUT2D eigenvalue weighted by atomic mass is 10.0. The van der Waals surface area contributed by atoms with Crippen molar-refractivity contribution in [3.05, 3.63) is 65.9 Å². The van der Waals surface area contributed by atoms with Gasteiger partial charge in [0.05, 0.1) is 6.04 Å². The number of carboxylic acids is 1. The van der Waals surface area contributed by atoms with Gasteiger partial charge in [-0.1, -0.05) is 30.3 Å². The zero-order valence-corrected chi connectivity index (χ0v) is 22.6. The van der Waals surface area contributed by atoms with Crippen molar-refractivity contribution in [1.29, 1.82) is 0 Å². The van der Waals surface area contributed by atoms with Crippen LogP contribution in [0.2, 0.25) is 0 Å². The van der Waals surface area contributed by atoms with Crippen molar-refractivity contribution in [3.63, 3.8) is 0 Å². The van der Waals surface area contributed by atoms with E-state index in [0.717, 1.165) is 22.0 Å². The van der Waals surface area contributed by atoms with Crippen LogP contribution in [0.4, 0.5) is 0 Å². The number of aromatic amines is 1. The van der Waals surface area contributed by atoms with Crippen molar-refractivity contribution in [2.24, 2.45) is 5.73 Å². The molecule has 1 heterocycles. The Morgan fingerprint density at radius 2 is 1.41 bits per heavy atom. The van der Waals surface area contributed by atoms with E-state index in [1.807, 2.05) is 24.3 Å². The number of amides is 3. The van der Waals surface area contributed by atoms with E-state index in [0.29, 0.717) is 0 Å². The first-order valence-corrected chi connectivity index (χ1v) is 13.3. The lowest BCUT2D eigenvalue weighted by molar-refractivity contribution is -0.141. The Kier molecular flexibility index (Phi) is 10.7. The third-order valence-electron chi connectivity index (χ3n) is 6.07.